The van der Waals surface area contributed by atoms with Gasteiger partial charge in [0.25, 0.3) is 0 Å². The largest absolute Gasteiger partial charge is 0.573 e. The zero-order valence-corrected chi connectivity index (χ0v) is 13.5. The van der Waals surface area contributed by atoms with Gasteiger partial charge in [0.15, 0.2) is 0 Å². The normalized spacial score (nSPS) is 13.6. The summed E-state index contributed by atoms with van der Waals surface area (Å²) in [5.74, 6) is -0.667. The van der Waals surface area contributed by atoms with Crippen LogP contribution in [0.25, 0.3) is 0 Å². The van der Waals surface area contributed by atoms with Gasteiger partial charge in [-0.2, -0.15) is 0 Å². The van der Waals surface area contributed by atoms with Crippen LogP contribution in [0.5, 0.6) is 5.75 Å². The summed E-state index contributed by atoms with van der Waals surface area (Å²) in [6.07, 6.45) is -3.73. The van der Waals surface area contributed by atoms with E-state index in [0.29, 0.717) is 24.1 Å². The number of anilines is 2. The minimum absolute atomic E-state index is 0.0140. The number of amides is 2. The van der Waals surface area contributed by atoms with Gasteiger partial charge in [0.2, 0.25) is 11.8 Å². The Morgan fingerprint density at radius 1 is 1.12 bits per heavy atom. The lowest BCUT2D eigenvalue weighted by Gasteiger charge is -2.17. The molecule has 0 spiro atoms. The number of rotatable bonds is 4. The molecule has 2 aromatic rings. The fraction of sp³-hybridized carbons (Fsp3) is 0.222. The van der Waals surface area contributed by atoms with Crippen LogP contribution in [-0.2, 0) is 22.4 Å². The van der Waals surface area contributed by atoms with Gasteiger partial charge in [-0.25, -0.2) is 0 Å². The van der Waals surface area contributed by atoms with Gasteiger partial charge in [0.1, 0.15) is 5.75 Å². The van der Waals surface area contributed by atoms with E-state index in [-0.39, 0.29) is 24.0 Å². The summed E-state index contributed by atoms with van der Waals surface area (Å²) >= 11 is 0. The summed E-state index contributed by atoms with van der Waals surface area (Å²) in [6.45, 7) is 0. The Labute approximate surface area is 147 Å². The van der Waals surface area contributed by atoms with Crippen molar-refractivity contribution in [1.29, 1.82) is 0 Å². The number of hydrogen-bond donors (Lipinski definition) is 2. The summed E-state index contributed by atoms with van der Waals surface area (Å²) < 4.78 is 40.2. The molecule has 1 aliphatic rings. The number of nitrogens with one attached hydrogen (secondary N) is 2. The molecule has 2 amide bonds. The molecule has 0 unspecified atom stereocenters. The second-order valence-corrected chi connectivity index (χ2v) is 5.84. The first-order valence-corrected chi connectivity index (χ1v) is 7.86. The molecule has 1 heterocycles. The predicted molar refractivity (Wildman–Crippen MR) is 88.9 cm³/mol. The van der Waals surface area contributed by atoms with Gasteiger partial charge in [-0.05, 0) is 47.9 Å². The number of ether oxygens (including phenoxy) is 1. The monoisotopic (exact) mass is 364 g/mol. The van der Waals surface area contributed by atoms with Gasteiger partial charge in [-0.15, -0.1) is 13.2 Å². The number of halogens is 3. The lowest BCUT2D eigenvalue weighted by atomic mass is 10.0. The van der Waals surface area contributed by atoms with Gasteiger partial charge < -0.3 is 15.4 Å². The highest BCUT2D eigenvalue weighted by Crippen LogP contribution is 2.26. The van der Waals surface area contributed by atoms with E-state index in [1.165, 1.54) is 12.1 Å². The van der Waals surface area contributed by atoms with Crippen molar-refractivity contribution in [2.45, 2.75) is 25.6 Å². The topological polar surface area (TPSA) is 67.4 Å². The highest BCUT2D eigenvalue weighted by atomic mass is 19.4. The van der Waals surface area contributed by atoms with Crippen LogP contribution < -0.4 is 15.4 Å². The Hall–Kier alpha value is -3.03. The molecule has 26 heavy (non-hydrogen) atoms. The molecule has 5 nitrogen and oxygen atoms in total. The van der Waals surface area contributed by atoms with Crippen LogP contribution in [-0.4, -0.2) is 18.2 Å². The number of carbonyl (C=O) groups is 2. The molecule has 1 aliphatic heterocycles. The number of aryl methyl sites for hydroxylation is 1. The lowest BCUT2D eigenvalue weighted by Crippen LogP contribution is -2.20. The summed E-state index contributed by atoms with van der Waals surface area (Å²) in [4.78, 5) is 23.5. The highest BCUT2D eigenvalue weighted by Gasteiger charge is 2.30. The summed E-state index contributed by atoms with van der Waals surface area (Å²) in [5, 5.41) is 5.50. The SMILES string of the molecule is O=C(Cc1ccc(OC(F)(F)F)cc1)Nc1ccc2c(c1)CCC(=O)N2. The molecule has 3 rings (SSSR count). The lowest BCUT2D eigenvalue weighted by molar-refractivity contribution is -0.274. The zero-order chi connectivity index (χ0) is 18.7. The first-order valence-electron chi connectivity index (χ1n) is 7.86. The smallest absolute Gasteiger partial charge is 0.406 e. The van der Waals surface area contributed by atoms with E-state index >= 15 is 0 Å². The van der Waals surface area contributed by atoms with Crippen molar-refractivity contribution < 1.29 is 27.5 Å². The van der Waals surface area contributed by atoms with Crippen LogP contribution >= 0.6 is 0 Å². The fourth-order valence-electron chi connectivity index (χ4n) is 2.66. The first kappa shape index (κ1) is 17.8. The Balaban J connectivity index is 1.60. The average molecular weight is 364 g/mol. The van der Waals surface area contributed by atoms with E-state index in [4.69, 9.17) is 0 Å². The molecule has 136 valence electrons. The predicted octanol–water partition coefficient (Wildman–Crippen LogP) is 3.65. The summed E-state index contributed by atoms with van der Waals surface area (Å²) in [7, 11) is 0. The Bertz CT molecular complexity index is 833. The molecular weight excluding hydrogens is 349 g/mol. The van der Waals surface area contributed by atoms with E-state index in [2.05, 4.69) is 15.4 Å². The first-order chi connectivity index (χ1) is 12.3. The summed E-state index contributed by atoms with van der Waals surface area (Å²) in [5.41, 5.74) is 2.83. The molecule has 0 fully saturated rings. The number of carbonyl (C=O) groups excluding carboxylic acids is 2. The maximum atomic E-state index is 12.1. The Morgan fingerprint density at radius 3 is 2.54 bits per heavy atom. The number of benzene rings is 2. The quantitative estimate of drug-likeness (QED) is 0.870. The van der Waals surface area contributed by atoms with Crippen molar-refractivity contribution >= 4 is 23.2 Å². The van der Waals surface area contributed by atoms with Crippen molar-refractivity contribution in [1.82, 2.24) is 0 Å². The van der Waals surface area contributed by atoms with Crippen LogP contribution in [0.2, 0.25) is 0 Å². The molecule has 0 bridgehead atoms. The van der Waals surface area contributed by atoms with Gasteiger partial charge in [0.05, 0.1) is 6.42 Å². The molecule has 8 heteroatoms. The molecule has 0 saturated heterocycles. The molecule has 2 aromatic carbocycles. The minimum atomic E-state index is -4.75. The van der Waals surface area contributed by atoms with E-state index in [0.717, 1.165) is 23.4 Å². The highest BCUT2D eigenvalue weighted by molar-refractivity contribution is 5.96. The molecule has 0 aromatic heterocycles. The maximum Gasteiger partial charge on any atom is 0.573 e. The van der Waals surface area contributed by atoms with Crippen molar-refractivity contribution in [3.8, 4) is 5.75 Å². The van der Waals surface area contributed by atoms with Gasteiger partial charge in [-0.1, -0.05) is 12.1 Å². The van der Waals surface area contributed by atoms with E-state index < -0.39 is 6.36 Å². The van der Waals surface area contributed by atoms with Crippen LogP contribution in [0.3, 0.4) is 0 Å². The maximum absolute atomic E-state index is 12.1. The number of alkyl halides is 3. The van der Waals surface area contributed by atoms with E-state index in [9.17, 15) is 22.8 Å². The van der Waals surface area contributed by atoms with Crippen molar-refractivity contribution in [2.75, 3.05) is 10.6 Å². The molecule has 0 radical (unpaired) electrons. The standard InChI is InChI=1S/C18H15F3N2O3/c19-18(20,21)26-14-5-1-11(2-6-14)9-17(25)22-13-4-7-15-12(10-13)3-8-16(24)23-15/h1-2,4-7,10H,3,8-9H2,(H,22,25)(H,23,24). The Morgan fingerprint density at radius 2 is 1.85 bits per heavy atom. The zero-order valence-electron chi connectivity index (χ0n) is 13.5. The third-order valence-corrected chi connectivity index (χ3v) is 3.81. The van der Waals surface area contributed by atoms with Crippen molar-refractivity contribution in [3.05, 3.63) is 53.6 Å². The van der Waals surface area contributed by atoms with E-state index in [1.807, 2.05) is 0 Å². The molecule has 0 saturated carbocycles. The van der Waals surface area contributed by atoms with Crippen LogP contribution in [0.1, 0.15) is 17.5 Å². The van der Waals surface area contributed by atoms with Crippen molar-refractivity contribution in [3.63, 3.8) is 0 Å². The second-order valence-electron chi connectivity index (χ2n) is 5.84. The molecule has 2 N–H and O–H groups in total. The fourth-order valence-corrected chi connectivity index (χ4v) is 2.66. The second kappa shape index (κ2) is 7.07. The number of hydrogen-bond acceptors (Lipinski definition) is 3. The summed E-state index contributed by atoms with van der Waals surface area (Å²) in [6, 6.07) is 10.3. The van der Waals surface area contributed by atoms with Gasteiger partial charge in [-0.3, -0.25) is 9.59 Å². The van der Waals surface area contributed by atoms with Crippen molar-refractivity contribution in [2.24, 2.45) is 0 Å². The third kappa shape index (κ3) is 4.75. The van der Waals surface area contributed by atoms with Crippen LogP contribution in [0, 0.1) is 0 Å². The van der Waals surface area contributed by atoms with Crippen LogP contribution in [0.15, 0.2) is 42.5 Å². The molecule has 0 aliphatic carbocycles. The molecule has 0 atom stereocenters. The third-order valence-electron chi connectivity index (χ3n) is 3.81. The van der Waals surface area contributed by atoms with Crippen LogP contribution in [0.4, 0.5) is 24.5 Å². The number of fused-ring (bicyclic) bond motifs is 1. The van der Waals surface area contributed by atoms with Gasteiger partial charge >= 0.3 is 6.36 Å². The minimum Gasteiger partial charge on any atom is -0.406 e. The average Bonchev–Trinajstić information content (AvgIpc) is 2.55. The van der Waals surface area contributed by atoms with Gasteiger partial charge in [0, 0.05) is 17.8 Å². The molecular formula is C18H15F3N2O3. The van der Waals surface area contributed by atoms with E-state index in [1.54, 1.807) is 18.2 Å². The Kier molecular flexibility index (Phi) is 4.83.